The molecule has 2 atom stereocenters. The maximum absolute atomic E-state index is 12.1. The Bertz CT molecular complexity index is 3040. The van der Waals surface area contributed by atoms with Crippen LogP contribution >= 0.6 is 23.2 Å². The summed E-state index contributed by atoms with van der Waals surface area (Å²) in [5.74, 6) is -0.575. The molecule has 0 fully saturated rings. The van der Waals surface area contributed by atoms with Crippen LogP contribution in [-0.4, -0.2) is 104 Å². The second-order valence-corrected chi connectivity index (χ2v) is 18.5. The largest absolute Gasteiger partial charge is 0.488 e. The molecule has 2 aromatic heterocycles. The molecule has 73 heavy (non-hydrogen) atoms. The van der Waals surface area contributed by atoms with E-state index in [1.807, 2.05) is 56.3 Å². The van der Waals surface area contributed by atoms with E-state index in [2.05, 4.69) is 21.0 Å². The van der Waals surface area contributed by atoms with Crippen molar-refractivity contribution < 1.29 is 49.0 Å². The number of ether oxygens (including phenoxy) is 4. The first-order chi connectivity index (χ1) is 35.2. The number of aliphatic imine (C=N–C) groups is 1. The molecule has 1 aliphatic heterocycles. The average molecular weight is 1030 g/mol. The number of aliphatic hydroxyl groups is 2. The zero-order valence-electron chi connectivity index (χ0n) is 40.8. The normalized spacial score (nSPS) is 12.8. The maximum Gasteiger partial charge on any atom is 0.321 e. The van der Waals surface area contributed by atoms with Gasteiger partial charge in [0.2, 0.25) is 0 Å². The van der Waals surface area contributed by atoms with Crippen LogP contribution in [0.15, 0.2) is 103 Å². The van der Waals surface area contributed by atoms with E-state index < -0.39 is 24.0 Å². The molecule has 380 valence electrons. The van der Waals surface area contributed by atoms with Gasteiger partial charge in [-0.2, -0.15) is 5.26 Å². The van der Waals surface area contributed by atoms with Crippen LogP contribution in [0.2, 0.25) is 10.0 Å². The third-order valence-electron chi connectivity index (χ3n) is 12.6. The Labute approximate surface area is 433 Å². The summed E-state index contributed by atoms with van der Waals surface area (Å²) in [5, 5.41) is 48.9. The first kappa shape index (κ1) is 53.7. The van der Waals surface area contributed by atoms with E-state index in [9.17, 15) is 35.3 Å². The number of nitrogens with zero attached hydrogens (tertiary/aromatic N) is 6. The van der Waals surface area contributed by atoms with Gasteiger partial charge in [0.1, 0.15) is 67.6 Å². The van der Waals surface area contributed by atoms with Gasteiger partial charge in [-0.05, 0) is 98.4 Å². The molecule has 7 rings (SSSR count). The molecule has 16 nitrogen and oxygen atoms in total. The van der Waals surface area contributed by atoms with Gasteiger partial charge >= 0.3 is 11.9 Å². The third-order valence-corrected chi connectivity index (χ3v) is 13.2. The van der Waals surface area contributed by atoms with Crippen molar-refractivity contribution in [3.05, 3.63) is 163 Å². The van der Waals surface area contributed by atoms with Crippen molar-refractivity contribution in [3.8, 4) is 40.2 Å². The number of halogens is 2. The second kappa shape index (κ2) is 25.0. The van der Waals surface area contributed by atoms with Gasteiger partial charge in [0.25, 0.3) is 0 Å². The number of benzene rings is 4. The van der Waals surface area contributed by atoms with Crippen molar-refractivity contribution in [2.45, 2.75) is 78.3 Å². The maximum atomic E-state index is 12.1. The number of rotatable bonds is 26. The summed E-state index contributed by atoms with van der Waals surface area (Å²) >= 11 is 13.8. The summed E-state index contributed by atoms with van der Waals surface area (Å²) in [7, 11) is 3.32. The van der Waals surface area contributed by atoms with Crippen molar-refractivity contribution in [1.29, 1.82) is 5.26 Å². The molecular weight excluding hydrogens is 976 g/mol. The summed E-state index contributed by atoms with van der Waals surface area (Å²) in [5.41, 5.74) is 10.7. The summed E-state index contributed by atoms with van der Waals surface area (Å²) in [6.07, 6.45) is 6.61. The van der Waals surface area contributed by atoms with Gasteiger partial charge in [-0.15, -0.1) is 0 Å². The molecule has 0 saturated heterocycles. The number of aromatic nitrogens is 2. The summed E-state index contributed by atoms with van der Waals surface area (Å²) in [4.78, 5) is 40.1. The number of carbonyl (C=O) groups is 2. The van der Waals surface area contributed by atoms with Crippen LogP contribution in [-0.2, 0) is 49.1 Å². The van der Waals surface area contributed by atoms with Crippen molar-refractivity contribution in [3.63, 3.8) is 0 Å². The Balaban J connectivity index is 1.10. The number of carboxylic acid groups (broad SMARTS) is 2. The summed E-state index contributed by atoms with van der Waals surface area (Å²) < 4.78 is 25.5. The van der Waals surface area contributed by atoms with Crippen LogP contribution in [0.1, 0.15) is 68.5 Å². The highest BCUT2D eigenvalue weighted by Crippen LogP contribution is 2.38. The molecule has 4 aromatic carbocycles. The van der Waals surface area contributed by atoms with Crippen LogP contribution in [0.25, 0.3) is 11.1 Å². The lowest BCUT2D eigenvalue weighted by molar-refractivity contribution is -0.144. The van der Waals surface area contributed by atoms with Crippen molar-refractivity contribution in [2.75, 3.05) is 33.9 Å². The smallest absolute Gasteiger partial charge is 0.321 e. The number of pyridine rings is 2. The Hall–Kier alpha value is -7.10. The van der Waals surface area contributed by atoms with Crippen LogP contribution in [0.5, 0.6) is 23.0 Å². The number of hydrogen-bond acceptors (Lipinski definition) is 14. The van der Waals surface area contributed by atoms with E-state index in [-0.39, 0.29) is 70.6 Å². The van der Waals surface area contributed by atoms with E-state index in [1.165, 1.54) is 6.20 Å². The molecule has 0 aliphatic carbocycles. The molecule has 0 spiro atoms. The minimum Gasteiger partial charge on any atom is -0.488 e. The van der Waals surface area contributed by atoms with E-state index in [1.54, 1.807) is 72.8 Å². The van der Waals surface area contributed by atoms with Gasteiger partial charge in [0.15, 0.2) is 0 Å². The quantitative estimate of drug-likeness (QED) is 0.0400. The molecule has 0 saturated carbocycles. The van der Waals surface area contributed by atoms with Crippen LogP contribution in [0, 0.1) is 25.2 Å². The molecule has 1 aliphatic rings. The first-order valence-corrected chi connectivity index (χ1v) is 24.2. The lowest BCUT2D eigenvalue weighted by atomic mass is 9.92. The Morgan fingerprint density at radius 1 is 0.644 bits per heavy atom. The number of aliphatic carboxylic acids is 2. The second-order valence-electron chi connectivity index (χ2n) is 17.7. The fraction of sp³-hybridized carbons (Fsp3) is 0.309. The monoisotopic (exact) mass is 1030 g/mol. The number of carboxylic acids is 2. The Morgan fingerprint density at radius 3 is 1.53 bits per heavy atom. The Kier molecular flexibility index (Phi) is 18.4. The zero-order valence-corrected chi connectivity index (χ0v) is 42.4. The van der Waals surface area contributed by atoms with Crippen LogP contribution in [0.4, 0.5) is 0 Å². The molecule has 0 unspecified atom stereocenters. The average Bonchev–Trinajstić information content (AvgIpc) is 4.23. The van der Waals surface area contributed by atoms with E-state index >= 15 is 0 Å². The van der Waals surface area contributed by atoms with Gasteiger partial charge in [-0.1, -0.05) is 59.6 Å². The van der Waals surface area contributed by atoms with Crippen LogP contribution < -0.4 is 18.9 Å². The molecule has 0 radical (unpaired) electrons. The number of hydrogen-bond donors (Lipinski definition) is 4. The minimum atomic E-state index is -1.07. The first-order valence-electron chi connectivity index (χ1n) is 23.4. The predicted molar refractivity (Wildman–Crippen MR) is 275 cm³/mol. The van der Waals surface area contributed by atoms with Gasteiger partial charge < -0.3 is 39.4 Å². The lowest BCUT2D eigenvalue weighted by Gasteiger charge is -2.25. The SMILES string of the molecule is Cc1c(COc2cc(OCc3cncc(C#N)c3)c(CN(C)[C@@H](CCO)C(=O)O)cc2Cl)cccc1-c1cccc(COc2cc(OCc3cncc(C4=NC4)c3)c(CN(C)[C@@H](CCO)C(=O)O)cc2Cl)c1C. The summed E-state index contributed by atoms with van der Waals surface area (Å²) in [6, 6.07) is 22.6. The highest BCUT2D eigenvalue weighted by molar-refractivity contribution is 6.32. The number of aliphatic hydroxyl groups excluding tert-OH is 2. The molecule has 6 aromatic rings. The zero-order chi connectivity index (χ0) is 52.2. The molecule has 0 amide bonds. The lowest BCUT2D eigenvalue weighted by Crippen LogP contribution is -2.38. The van der Waals surface area contributed by atoms with Gasteiger partial charge in [0, 0.05) is 91.0 Å². The van der Waals surface area contributed by atoms with E-state index in [0.29, 0.717) is 56.8 Å². The third kappa shape index (κ3) is 13.9. The van der Waals surface area contributed by atoms with Crippen molar-refractivity contribution in [2.24, 2.45) is 4.99 Å². The number of nitriles is 1. The molecule has 4 N–H and O–H groups in total. The Morgan fingerprint density at radius 2 is 1.10 bits per heavy atom. The minimum absolute atomic E-state index is 0.0267. The number of likely N-dealkylation sites (N-methyl/N-ethyl adjacent to an activating group) is 2. The topological polar surface area (TPSA) is 220 Å². The predicted octanol–water partition coefficient (Wildman–Crippen LogP) is 8.59. The summed E-state index contributed by atoms with van der Waals surface area (Å²) in [6.45, 7) is 4.99. The van der Waals surface area contributed by atoms with Crippen LogP contribution in [0.3, 0.4) is 0 Å². The van der Waals surface area contributed by atoms with E-state index in [0.717, 1.165) is 50.2 Å². The van der Waals surface area contributed by atoms with Gasteiger partial charge in [-0.25, -0.2) is 0 Å². The standard InChI is InChI=1S/C55H56Cl2N6O10/c1-33-38(31-72-52-19-50(70-29-36-15-35(21-58)22-59-23-36)41(17-45(52)56)27-62(3)48(11-13-64)54(66)67)7-5-9-43(33)44-10-6-8-39(34(44)2)32-73-53-20-51(71-30-37-16-40(25-60-24-37)47-26-61-47)42(18-46(53)57)28-63(4)49(12-14-65)55(68)69/h5-10,15-20,22-25,48-49,64-65H,11-14,26-32H2,1-4H3,(H,66,67)(H,68,69)/t48-,49-/m0/s1. The van der Waals surface area contributed by atoms with Crippen molar-refractivity contribution >= 4 is 40.9 Å². The van der Waals surface area contributed by atoms with E-state index in [4.69, 9.17) is 42.1 Å². The molecular formula is C55H56Cl2N6O10. The van der Waals surface area contributed by atoms with Gasteiger partial charge in [-0.3, -0.25) is 34.3 Å². The fourth-order valence-electron chi connectivity index (χ4n) is 8.43. The van der Waals surface area contributed by atoms with Gasteiger partial charge in [0.05, 0.1) is 27.9 Å². The highest BCUT2D eigenvalue weighted by Gasteiger charge is 2.26. The van der Waals surface area contributed by atoms with Crippen molar-refractivity contribution in [1.82, 2.24) is 19.8 Å². The molecule has 0 bridgehead atoms. The molecule has 18 heteroatoms. The molecule has 3 heterocycles. The highest BCUT2D eigenvalue weighted by atomic mass is 35.5. The fourth-order valence-corrected chi connectivity index (χ4v) is 8.91.